The van der Waals surface area contributed by atoms with E-state index in [0.717, 1.165) is 55.4 Å². The average Bonchev–Trinajstić information content (AvgIpc) is 2.82. The lowest BCUT2D eigenvalue weighted by Gasteiger charge is -2.29. The molecule has 1 saturated heterocycles. The molecule has 1 N–H and O–H groups in total. The summed E-state index contributed by atoms with van der Waals surface area (Å²) < 4.78 is 11.4. The van der Waals surface area contributed by atoms with E-state index in [1.807, 2.05) is 66.7 Å². The molecule has 0 aliphatic carbocycles. The van der Waals surface area contributed by atoms with Gasteiger partial charge in [-0.15, -0.1) is 0 Å². The number of carbonyl (C=O) groups excluding carboxylic acids is 1. The summed E-state index contributed by atoms with van der Waals surface area (Å²) in [5.74, 6) is 0.560. The second kappa shape index (κ2) is 10.1. The topological polar surface area (TPSA) is 50.8 Å². The molecule has 1 atom stereocenters. The molecule has 5 heteroatoms. The summed E-state index contributed by atoms with van der Waals surface area (Å²) in [5.41, 5.74) is 4.16. The van der Waals surface area contributed by atoms with Crippen molar-refractivity contribution < 1.29 is 14.3 Å². The fourth-order valence-corrected chi connectivity index (χ4v) is 3.65. The molecule has 1 aliphatic heterocycles. The summed E-state index contributed by atoms with van der Waals surface area (Å²) in [4.78, 5) is 15.0. The highest BCUT2D eigenvalue weighted by atomic mass is 16.5. The molecule has 0 spiro atoms. The molecule has 1 heterocycles. The number of nitrogens with one attached hydrogen (secondary N) is 1. The van der Waals surface area contributed by atoms with Gasteiger partial charge in [-0.1, -0.05) is 48.5 Å². The van der Waals surface area contributed by atoms with Crippen LogP contribution in [-0.4, -0.2) is 38.3 Å². The molecule has 1 fully saturated rings. The number of rotatable bonds is 7. The van der Waals surface area contributed by atoms with Crippen LogP contribution in [0.4, 0.5) is 11.4 Å². The zero-order chi connectivity index (χ0) is 21.5. The first-order valence-electron chi connectivity index (χ1n) is 10.7. The van der Waals surface area contributed by atoms with Crippen molar-refractivity contribution in [2.45, 2.75) is 19.4 Å². The van der Waals surface area contributed by atoms with Crippen LogP contribution in [0, 0.1) is 0 Å². The number of morpholine rings is 1. The highest BCUT2D eigenvalue weighted by Crippen LogP contribution is 2.23. The largest absolute Gasteiger partial charge is 0.481 e. The average molecular weight is 417 g/mol. The van der Waals surface area contributed by atoms with E-state index in [-0.39, 0.29) is 5.91 Å². The van der Waals surface area contributed by atoms with E-state index >= 15 is 0 Å². The van der Waals surface area contributed by atoms with E-state index in [2.05, 4.69) is 22.3 Å². The maximum atomic E-state index is 12.7. The van der Waals surface area contributed by atoms with Crippen molar-refractivity contribution in [3.63, 3.8) is 0 Å². The van der Waals surface area contributed by atoms with Crippen LogP contribution in [-0.2, 0) is 16.0 Å². The van der Waals surface area contributed by atoms with E-state index < -0.39 is 6.10 Å². The van der Waals surface area contributed by atoms with Crippen LogP contribution in [0.2, 0.25) is 0 Å². The van der Waals surface area contributed by atoms with Crippen molar-refractivity contribution in [3.05, 3.63) is 90.0 Å². The predicted octanol–water partition coefficient (Wildman–Crippen LogP) is 4.52. The maximum Gasteiger partial charge on any atom is 0.265 e. The number of benzene rings is 3. The minimum atomic E-state index is -0.615. The molecule has 0 saturated carbocycles. The van der Waals surface area contributed by atoms with Gasteiger partial charge in [0.05, 0.1) is 13.2 Å². The normalized spacial score (nSPS) is 14.7. The second-order valence-corrected chi connectivity index (χ2v) is 7.67. The van der Waals surface area contributed by atoms with Crippen molar-refractivity contribution in [1.29, 1.82) is 0 Å². The summed E-state index contributed by atoms with van der Waals surface area (Å²) in [7, 11) is 0. The molecule has 5 nitrogen and oxygen atoms in total. The SMILES string of the molecule is C[C@@H](Oc1ccccc1Cc1ccccc1)C(=O)Nc1ccc(N2CCOCC2)cc1. The van der Waals surface area contributed by atoms with Gasteiger partial charge in [0.1, 0.15) is 5.75 Å². The van der Waals surface area contributed by atoms with Crippen LogP contribution in [0.1, 0.15) is 18.1 Å². The Hall–Kier alpha value is -3.31. The van der Waals surface area contributed by atoms with E-state index in [0.29, 0.717) is 0 Å². The molecule has 0 radical (unpaired) electrons. The van der Waals surface area contributed by atoms with E-state index in [1.165, 1.54) is 5.56 Å². The van der Waals surface area contributed by atoms with Gasteiger partial charge in [0.2, 0.25) is 0 Å². The van der Waals surface area contributed by atoms with Crippen LogP contribution in [0.15, 0.2) is 78.9 Å². The number of para-hydroxylation sites is 1. The summed E-state index contributed by atoms with van der Waals surface area (Å²) in [6.07, 6.45) is 0.143. The van der Waals surface area contributed by atoms with Crippen molar-refractivity contribution in [2.24, 2.45) is 0 Å². The first-order chi connectivity index (χ1) is 15.2. The van der Waals surface area contributed by atoms with Gasteiger partial charge in [-0.25, -0.2) is 0 Å². The number of hydrogen-bond donors (Lipinski definition) is 1. The van der Waals surface area contributed by atoms with Gasteiger partial charge in [0.15, 0.2) is 6.10 Å². The lowest BCUT2D eigenvalue weighted by molar-refractivity contribution is -0.122. The minimum absolute atomic E-state index is 0.173. The highest BCUT2D eigenvalue weighted by Gasteiger charge is 2.17. The Balaban J connectivity index is 1.37. The number of hydrogen-bond acceptors (Lipinski definition) is 4. The van der Waals surface area contributed by atoms with Crippen LogP contribution in [0.5, 0.6) is 5.75 Å². The van der Waals surface area contributed by atoms with Crippen LogP contribution >= 0.6 is 0 Å². The fourth-order valence-electron chi connectivity index (χ4n) is 3.65. The van der Waals surface area contributed by atoms with Gasteiger partial charge in [0.25, 0.3) is 5.91 Å². The van der Waals surface area contributed by atoms with Crippen LogP contribution < -0.4 is 15.0 Å². The van der Waals surface area contributed by atoms with Crippen molar-refractivity contribution in [3.8, 4) is 5.75 Å². The Kier molecular flexibility index (Phi) is 6.85. The number of amides is 1. The Bertz CT molecular complexity index is 983. The Labute approximate surface area is 183 Å². The summed E-state index contributed by atoms with van der Waals surface area (Å²) in [6, 6.07) is 26.0. The molecular formula is C26H28N2O3. The third-order valence-electron chi connectivity index (χ3n) is 5.39. The molecule has 1 aliphatic rings. The molecular weight excluding hydrogens is 388 g/mol. The zero-order valence-electron chi connectivity index (χ0n) is 17.8. The van der Waals surface area contributed by atoms with Gasteiger partial charge < -0.3 is 19.7 Å². The number of anilines is 2. The lowest BCUT2D eigenvalue weighted by atomic mass is 10.0. The monoisotopic (exact) mass is 416 g/mol. The summed E-state index contributed by atoms with van der Waals surface area (Å²) in [5, 5.41) is 2.95. The van der Waals surface area contributed by atoms with Gasteiger partial charge in [-0.2, -0.15) is 0 Å². The lowest BCUT2D eigenvalue weighted by Crippen LogP contribution is -2.36. The fraction of sp³-hybridized carbons (Fsp3) is 0.269. The second-order valence-electron chi connectivity index (χ2n) is 7.67. The smallest absolute Gasteiger partial charge is 0.265 e. The molecule has 3 aromatic rings. The Morgan fingerprint density at radius 3 is 2.39 bits per heavy atom. The van der Waals surface area contributed by atoms with Crippen molar-refractivity contribution in [1.82, 2.24) is 0 Å². The van der Waals surface area contributed by atoms with Crippen LogP contribution in [0.3, 0.4) is 0 Å². The molecule has 3 aromatic carbocycles. The first-order valence-corrected chi connectivity index (χ1v) is 10.7. The molecule has 0 aromatic heterocycles. The van der Waals surface area contributed by atoms with Gasteiger partial charge in [0, 0.05) is 30.9 Å². The molecule has 31 heavy (non-hydrogen) atoms. The van der Waals surface area contributed by atoms with Crippen LogP contribution in [0.25, 0.3) is 0 Å². The van der Waals surface area contributed by atoms with E-state index in [1.54, 1.807) is 6.92 Å². The zero-order valence-corrected chi connectivity index (χ0v) is 17.8. The number of ether oxygens (including phenoxy) is 2. The molecule has 0 unspecified atom stereocenters. The number of carbonyl (C=O) groups is 1. The van der Waals surface area contributed by atoms with Crippen molar-refractivity contribution in [2.75, 3.05) is 36.5 Å². The minimum Gasteiger partial charge on any atom is -0.481 e. The highest BCUT2D eigenvalue weighted by molar-refractivity contribution is 5.94. The summed E-state index contributed by atoms with van der Waals surface area (Å²) in [6.45, 7) is 5.05. The summed E-state index contributed by atoms with van der Waals surface area (Å²) >= 11 is 0. The molecule has 160 valence electrons. The van der Waals surface area contributed by atoms with Gasteiger partial charge in [-0.3, -0.25) is 4.79 Å². The standard InChI is InChI=1S/C26H28N2O3/c1-20(31-25-10-6-5-9-22(25)19-21-7-3-2-4-8-21)26(29)27-23-11-13-24(14-12-23)28-15-17-30-18-16-28/h2-14,20H,15-19H2,1H3,(H,27,29)/t20-/m1/s1. The Morgan fingerprint density at radius 2 is 1.65 bits per heavy atom. The van der Waals surface area contributed by atoms with Crippen molar-refractivity contribution >= 4 is 17.3 Å². The maximum absolute atomic E-state index is 12.7. The molecule has 4 rings (SSSR count). The molecule has 1 amide bonds. The first kappa shape index (κ1) is 20.9. The van der Waals surface area contributed by atoms with E-state index in [9.17, 15) is 4.79 Å². The third kappa shape index (κ3) is 5.64. The Morgan fingerprint density at radius 1 is 0.968 bits per heavy atom. The molecule has 0 bridgehead atoms. The predicted molar refractivity (Wildman–Crippen MR) is 124 cm³/mol. The van der Waals surface area contributed by atoms with Gasteiger partial charge >= 0.3 is 0 Å². The third-order valence-corrected chi connectivity index (χ3v) is 5.39. The van der Waals surface area contributed by atoms with E-state index in [4.69, 9.17) is 9.47 Å². The quantitative estimate of drug-likeness (QED) is 0.615. The van der Waals surface area contributed by atoms with Gasteiger partial charge in [-0.05, 0) is 48.4 Å². The number of nitrogens with zero attached hydrogens (tertiary/aromatic N) is 1.